The number of ether oxygens (including phenoxy) is 1. The fourth-order valence-electron chi connectivity index (χ4n) is 1.47. The lowest BCUT2D eigenvalue weighted by Crippen LogP contribution is -2.07. The monoisotopic (exact) mass is 258 g/mol. The van der Waals surface area contributed by atoms with Crippen molar-refractivity contribution in [2.24, 2.45) is 0 Å². The van der Waals surface area contributed by atoms with Gasteiger partial charge in [0.2, 0.25) is 0 Å². The van der Waals surface area contributed by atoms with Crippen LogP contribution in [0.4, 0.5) is 5.69 Å². The van der Waals surface area contributed by atoms with Gasteiger partial charge in [-0.15, -0.1) is 0 Å². The topological polar surface area (TPSA) is 62.1 Å². The van der Waals surface area contributed by atoms with Crippen LogP contribution in [0.5, 0.6) is 0 Å². The molecule has 1 aromatic rings. The van der Waals surface area contributed by atoms with Gasteiger partial charge in [-0.25, -0.2) is 4.79 Å². The fraction of sp³-hybridized carbons (Fsp3) is 0.333. The van der Waals surface area contributed by atoms with E-state index in [1.807, 2.05) is 30.3 Å². The number of nitrogens with zero attached hydrogens (tertiary/aromatic N) is 1. The molecule has 0 atom stereocenters. The summed E-state index contributed by atoms with van der Waals surface area (Å²) in [4.78, 5) is 11.4. The first-order valence-corrected chi connectivity index (χ1v) is 6.22. The van der Waals surface area contributed by atoms with Crippen LogP contribution in [0.15, 0.2) is 36.0 Å². The van der Waals surface area contributed by atoms with Crippen molar-refractivity contribution in [3.8, 4) is 6.07 Å². The predicted molar refractivity (Wildman–Crippen MR) is 74.5 cm³/mol. The number of hydrogen-bond donors (Lipinski definition) is 1. The summed E-state index contributed by atoms with van der Waals surface area (Å²) in [6, 6.07) is 9.65. The van der Waals surface area contributed by atoms with Crippen molar-refractivity contribution in [1.82, 2.24) is 0 Å². The van der Waals surface area contributed by atoms with Crippen LogP contribution in [-0.2, 0) is 9.53 Å². The lowest BCUT2D eigenvalue weighted by atomic mass is 10.0. The number of carbonyl (C=O) groups is 1. The second-order valence-electron chi connectivity index (χ2n) is 4.31. The van der Waals surface area contributed by atoms with Gasteiger partial charge >= 0.3 is 5.97 Å². The van der Waals surface area contributed by atoms with Gasteiger partial charge in [-0.2, -0.15) is 5.26 Å². The minimum atomic E-state index is -0.615. The van der Waals surface area contributed by atoms with Crippen molar-refractivity contribution < 1.29 is 9.53 Å². The maximum Gasteiger partial charge on any atom is 0.350 e. The number of carbonyl (C=O) groups excluding carboxylic acids is 1. The molecular weight excluding hydrogens is 240 g/mol. The number of hydrogen-bond acceptors (Lipinski definition) is 4. The molecule has 4 nitrogen and oxygen atoms in total. The van der Waals surface area contributed by atoms with E-state index in [0.29, 0.717) is 5.92 Å². The van der Waals surface area contributed by atoms with E-state index in [1.165, 1.54) is 11.8 Å². The van der Waals surface area contributed by atoms with Gasteiger partial charge in [0, 0.05) is 11.9 Å². The van der Waals surface area contributed by atoms with Gasteiger partial charge < -0.3 is 10.1 Å². The highest BCUT2D eigenvalue weighted by Crippen LogP contribution is 2.17. The van der Waals surface area contributed by atoms with Gasteiger partial charge in [0.25, 0.3) is 0 Å². The molecule has 0 spiro atoms. The van der Waals surface area contributed by atoms with E-state index in [1.54, 1.807) is 6.92 Å². The SMILES string of the molecule is CCOC(=O)/C(C#N)=C/Nc1ccc(C(C)C)cc1. The highest BCUT2D eigenvalue weighted by Gasteiger charge is 2.09. The van der Waals surface area contributed by atoms with Gasteiger partial charge in [-0.05, 0) is 30.5 Å². The Hall–Kier alpha value is -2.28. The zero-order chi connectivity index (χ0) is 14.3. The van der Waals surface area contributed by atoms with E-state index >= 15 is 0 Å². The third-order valence-corrected chi connectivity index (χ3v) is 2.58. The summed E-state index contributed by atoms with van der Waals surface area (Å²) in [5.74, 6) is -0.143. The summed E-state index contributed by atoms with van der Waals surface area (Å²) in [6.07, 6.45) is 1.36. The molecule has 0 amide bonds. The average Bonchev–Trinajstić information content (AvgIpc) is 2.40. The molecule has 0 bridgehead atoms. The maximum absolute atomic E-state index is 11.4. The van der Waals surface area contributed by atoms with Crippen molar-refractivity contribution >= 4 is 11.7 Å². The molecule has 0 unspecified atom stereocenters. The summed E-state index contributed by atoms with van der Waals surface area (Å²) in [5.41, 5.74) is 2.01. The molecule has 0 aliphatic heterocycles. The molecule has 0 aromatic heterocycles. The Morgan fingerprint density at radius 2 is 2.05 bits per heavy atom. The summed E-state index contributed by atoms with van der Waals surface area (Å²) in [7, 11) is 0. The third-order valence-electron chi connectivity index (χ3n) is 2.58. The molecule has 0 radical (unpaired) electrons. The molecular formula is C15H18N2O2. The van der Waals surface area contributed by atoms with Gasteiger partial charge in [0.05, 0.1) is 6.61 Å². The van der Waals surface area contributed by atoms with Gasteiger partial charge in [-0.1, -0.05) is 26.0 Å². The van der Waals surface area contributed by atoms with Crippen molar-refractivity contribution in [1.29, 1.82) is 5.26 Å². The number of nitriles is 1. The largest absolute Gasteiger partial charge is 0.462 e. The Balaban J connectivity index is 2.74. The number of rotatable bonds is 5. The maximum atomic E-state index is 11.4. The number of anilines is 1. The highest BCUT2D eigenvalue weighted by molar-refractivity contribution is 5.93. The Morgan fingerprint density at radius 1 is 1.42 bits per heavy atom. The molecule has 19 heavy (non-hydrogen) atoms. The molecule has 0 saturated heterocycles. The Kier molecular flexibility index (Phi) is 5.62. The van der Waals surface area contributed by atoms with Crippen LogP contribution in [-0.4, -0.2) is 12.6 Å². The quantitative estimate of drug-likeness (QED) is 0.500. The molecule has 4 heteroatoms. The van der Waals surface area contributed by atoms with Gasteiger partial charge in [-0.3, -0.25) is 0 Å². The first kappa shape index (κ1) is 14.8. The van der Waals surface area contributed by atoms with Crippen LogP contribution < -0.4 is 5.32 Å². The van der Waals surface area contributed by atoms with Crippen LogP contribution in [0.3, 0.4) is 0 Å². The highest BCUT2D eigenvalue weighted by atomic mass is 16.5. The lowest BCUT2D eigenvalue weighted by Gasteiger charge is -2.07. The van der Waals surface area contributed by atoms with Crippen LogP contribution in [0.2, 0.25) is 0 Å². The lowest BCUT2D eigenvalue weighted by molar-refractivity contribution is -0.138. The summed E-state index contributed by atoms with van der Waals surface area (Å²) >= 11 is 0. The molecule has 0 saturated carbocycles. The van der Waals surface area contributed by atoms with Crippen molar-refractivity contribution in [3.63, 3.8) is 0 Å². The zero-order valence-electron chi connectivity index (χ0n) is 11.4. The number of benzene rings is 1. The van der Waals surface area contributed by atoms with E-state index < -0.39 is 5.97 Å². The molecule has 0 aliphatic rings. The Morgan fingerprint density at radius 3 is 2.53 bits per heavy atom. The van der Waals surface area contributed by atoms with Crippen LogP contribution in [0, 0.1) is 11.3 Å². The molecule has 1 aromatic carbocycles. The van der Waals surface area contributed by atoms with Crippen molar-refractivity contribution in [2.75, 3.05) is 11.9 Å². The predicted octanol–water partition coefficient (Wildman–Crippen LogP) is 3.19. The van der Waals surface area contributed by atoms with E-state index in [-0.39, 0.29) is 12.2 Å². The molecule has 1 N–H and O–H groups in total. The minimum Gasteiger partial charge on any atom is -0.462 e. The van der Waals surface area contributed by atoms with Gasteiger partial charge in [0.1, 0.15) is 6.07 Å². The fourth-order valence-corrected chi connectivity index (χ4v) is 1.47. The third kappa shape index (κ3) is 4.47. The summed E-state index contributed by atoms with van der Waals surface area (Å²) < 4.78 is 4.76. The van der Waals surface area contributed by atoms with E-state index in [0.717, 1.165) is 5.69 Å². The molecule has 0 heterocycles. The molecule has 1 rings (SSSR count). The van der Waals surface area contributed by atoms with E-state index in [2.05, 4.69) is 19.2 Å². The molecule has 0 fully saturated rings. The van der Waals surface area contributed by atoms with Crippen LogP contribution in [0.1, 0.15) is 32.3 Å². The first-order chi connectivity index (χ1) is 9.08. The summed E-state index contributed by atoms with van der Waals surface area (Å²) in [5, 5.41) is 11.8. The summed E-state index contributed by atoms with van der Waals surface area (Å²) in [6.45, 7) is 6.19. The number of esters is 1. The van der Waals surface area contributed by atoms with Crippen molar-refractivity contribution in [2.45, 2.75) is 26.7 Å². The second-order valence-corrected chi connectivity index (χ2v) is 4.31. The van der Waals surface area contributed by atoms with E-state index in [9.17, 15) is 4.79 Å². The average molecular weight is 258 g/mol. The normalized spacial score (nSPS) is 11.0. The van der Waals surface area contributed by atoms with Crippen LogP contribution in [0.25, 0.3) is 0 Å². The van der Waals surface area contributed by atoms with Crippen molar-refractivity contribution in [3.05, 3.63) is 41.6 Å². The number of nitrogens with one attached hydrogen (secondary N) is 1. The second kappa shape index (κ2) is 7.22. The molecule has 0 aliphatic carbocycles. The first-order valence-electron chi connectivity index (χ1n) is 6.22. The van der Waals surface area contributed by atoms with E-state index in [4.69, 9.17) is 10.00 Å². The Bertz CT molecular complexity index is 496. The van der Waals surface area contributed by atoms with Gasteiger partial charge in [0.15, 0.2) is 5.57 Å². The zero-order valence-corrected chi connectivity index (χ0v) is 11.4. The van der Waals surface area contributed by atoms with Crippen LogP contribution >= 0.6 is 0 Å². The Labute approximate surface area is 113 Å². The smallest absolute Gasteiger partial charge is 0.350 e. The standard InChI is InChI=1S/C15H18N2O2/c1-4-19-15(18)13(9-16)10-17-14-7-5-12(6-8-14)11(2)3/h5-8,10-11,17H,4H2,1-3H3/b13-10+. The minimum absolute atomic E-state index is 0.0465. The molecule has 100 valence electrons.